The van der Waals surface area contributed by atoms with Crippen LogP contribution in [0.3, 0.4) is 0 Å². The Bertz CT molecular complexity index is 1540. The summed E-state index contributed by atoms with van der Waals surface area (Å²) >= 11 is 0. The number of phenols is 1. The van der Waals surface area contributed by atoms with E-state index in [1.807, 2.05) is 24.3 Å². The standard InChI is InChI=1S/C30H37N7O8/c31-20(14-17-15-34-21-4-2-1-3-19(17)21)27(41)35-22(9-11-25(32)39)28(42)36-23(10-12-26(33)40)29(43)37-24(30(44)45)13-16-5-7-18(38)8-6-16/h1-8,15,20,22-24,34,38H,9-14,31H2,(H2,32,39)(H2,33,40)(H,35,41)(H,36,42)(H,37,43)(H,44,45). The van der Waals surface area contributed by atoms with Crippen molar-refractivity contribution < 1.29 is 39.0 Å². The number of carboxylic acid groups (broad SMARTS) is 1. The van der Waals surface area contributed by atoms with Gasteiger partial charge in [-0.15, -0.1) is 0 Å². The van der Waals surface area contributed by atoms with E-state index in [1.54, 1.807) is 6.20 Å². The van der Waals surface area contributed by atoms with Gasteiger partial charge in [0, 0.05) is 36.4 Å². The zero-order valence-corrected chi connectivity index (χ0v) is 24.3. The molecule has 0 bridgehead atoms. The van der Waals surface area contributed by atoms with Crippen LogP contribution in [0.2, 0.25) is 0 Å². The Hall–Kier alpha value is -5.44. The van der Waals surface area contributed by atoms with Gasteiger partial charge in [0.1, 0.15) is 23.9 Å². The highest BCUT2D eigenvalue weighted by atomic mass is 16.4. The van der Waals surface area contributed by atoms with Crippen molar-refractivity contribution >= 4 is 46.4 Å². The summed E-state index contributed by atoms with van der Waals surface area (Å²) in [6.07, 6.45) is 0.572. The first-order chi connectivity index (χ1) is 21.3. The second-order valence-corrected chi connectivity index (χ2v) is 10.6. The Morgan fingerprint density at radius 3 is 1.82 bits per heavy atom. The number of carbonyl (C=O) groups is 6. The predicted molar refractivity (Wildman–Crippen MR) is 162 cm³/mol. The molecule has 3 rings (SSSR count). The number of hydrogen-bond acceptors (Lipinski definition) is 8. The molecule has 12 N–H and O–H groups in total. The number of carbonyl (C=O) groups excluding carboxylic acids is 5. The molecule has 0 aliphatic carbocycles. The lowest BCUT2D eigenvalue weighted by molar-refractivity contribution is -0.142. The third kappa shape index (κ3) is 10.4. The lowest BCUT2D eigenvalue weighted by Gasteiger charge is -2.25. The zero-order valence-electron chi connectivity index (χ0n) is 24.3. The van der Waals surface area contributed by atoms with Crippen molar-refractivity contribution in [3.8, 4) is 5.75 Å². The number of aliphatic carboxylic acids is 1. The van der Waals surface area contributed by atoms with Crippen LogP contribution in [0.15, 0.2) is 54.7 Å². The zero-order chi connectivity index (χ0) is 33.1. The summed E-state index contributed by atoms with van der Waals surface area (Å²) in [6, 6.07) is 7.82. The molecule has 0 radical (unpaired) electrons. The number of amides is 5. The number of carboxylic acids is 1. The number of phenolic OH excluding ortho intramolecular Hbond substituents is 1. The third-order valence-corrected chi connectivity index (χ3v) is 7.07. The van der Waals surface area contributed by atoms with E-state index in [0.29, 0.717) is 5.56 Å². The summed E-state index contributed by atoms with van der Waals surface area (Å²) in [5, 5.41) is 27.3. The Morgan fingerprint density at radius 2 is 1.27 bits per heavy atom. The number of benzene rings is 2. The van der Waals surface area contributed by atoms with Gasteiger partial charge in [-0.2, -0.15) is 0 Å². The third-order valence-electron chi connectivity index (χ3n) is 7.07. The number of aromatic amines is 1. The highest BCUT2D eigenvalue weighted by Crippen LogP contribution is 2.19. The van der Waals surface area contributed by atoms with Gasteiger partial charge in [0.15, 0.2) is 0 Å². The van der Waals surface area contributed by atoms with E-state index in [2.05, 4.69) is 20.9 Å². The molecule has 1 aromatic heterocycles. The summed E-state index contributed by atoms with van der Waals surface area (Å²) in [5.74, 6) is -5.43. The first-order valence-electron chi connectivity index (χ1n) is 14.1. The van der Waals surface area contributed by atoms with Gasteiger partial charge in [-0.1, -0.05) is 30.3 Å². The topological polar surface area (TPSA) is 273 Å². The van der Waals surface area contributed by atoms with Crippen LogP contribution in [0.5, 0.6) is 5.75 Å². The molecule has 0 saturated heterocycles. The smallest absolute Gasteiger partial charge is 0.326 e. The number of hydrogen-bond donors (Lipinski definition) is 9. The minimum Gasteiger partial charge on any atom is -0.508 e. The summed E-state index contributed by atoms with van der Waals surface area (Å²) < 4.78 is 0. The Labute approximate surface area is 257 Å². The quantitative estimate of drug-likeness (QED) is 0.0896. The predicted octanol–water partition coefficient (Wildman–Crippen LogP) is -0.944. The Kier molecular flexibility index (Phi) is 12.0. The van der Waals surface area contributed by atoms with E-state index >= 15 is 0 Å². The number of primary amides is 2. The summed E-state index contributed by atoms with van der Waals surface area (Å²) in [5.41, 5.74) is 18.8. The van der Waals surface area contributed by atoms with Crippen LogP contribution in [-0.4, -0.2) is 74.9 Å². The molecular formula is C30H37N7O8. The number of rotatable bonds is 17. The van der Waals surface area contributed by atoms with Crippen molar-refractivity contribution in [2.75, 3.05) is 0 Å². The van der Waals surface area contributed by atoms with Gasteiger partial charge in [-0.25, -0.2) is 4.79 Å². The number of fused-ring (bicyclic) bond motifs is 1. The number of H-pyrrole nitrogens is 1. The fourth-order valence-electron chi connectivity index (χ4n) is 4.63. The molecule has 3 aromatic rings. The van der Waals surface area contributed by atoms with Crippen LogP contribution in [0.4, 0.5) is 0 Å². The fraction of sp³-hybridized carbons (Fsp3) is 0.333. The molecular weight excluding hydrogens is 586 g/mol. The molecule has 5 amide bonds. The van der Waals surface area contributed by atoms with Gasteiger partial charge in [0.2, 0.25) is 29.5 Å². The van der Waals surface area contributed by atoms with Crippen molar-refractivity contribution in [2.24, 2.45) is 17.2 Å². The summed E-state index contributed by atoms with van der Waals surface area (Å²) in [7, 11) is 0. The van der Waals surface area contributed by atoms with Crippen molar-refractivity contribution in [1.82, 2.24) is 20.9 Å². The first-order valence-corrected chi connectivity index (χ1v) is 14.1. The van der Waals surface area contributed by atoms with Gasteiger partial charge in [0.05, 0.1) is 6.04 Å². The van der Waals surface area contributed by atoms with Crippen molar-refractivity contribution in [3.63, 3.8) is 0 Å². The van der Waals surface area contributed by atoms with Crippen LogP contribution in [0.25, 0.3) is 10.9 Å². The minimum absolute atomic E-state index is 0.0270. The normalized spacial score (nSPS) is 13.6. The minimum atomic E-state index is -1.43. The molecule has 0 spiro atoms. The molecule has 15 nitrogen and oxygen atoms in total. The highest BCUT2D eigenvalue weighted by molar-refractivity contribution is 5.95. The number of para-hydroxylation sites is 1. The monoisotopic (exact) mass is 623 g/mol. The van der Waals surface area contributed by atoms with Crippen LogP contribution in [0.1, 0.15) is 36.8 Å². The molecule has 0 aliphatic rings. The van der Waals surface area contributed by atoms with Crippen LogP contribution >= 0.6 is 0 Å². The maximum Gasteiger partial charge on any atom is 0.326 e. The molecule has 0 aliphatic heterocycles. The summed E-state index contributed by atoms with van der Waals surface area (Å²) in [6.45, 7) is 0. The van der Waals surface area contributed by atoms with Gasteiger partial charge >= 0.3 is 5.97 Å². The van der Waals surface area contributed by atoms with Gasteiger partial charge in [0.25, 0.3) is 0 Å². The molecule has 2 aromatic carbocycles. The fourth-order valence-corrected chi connectivity index (χ4v) is 4.63. The van der Waals surface area contributed by atoms with Crippen LogP contribution in [-0.2, 0) is 41.6 Å². The molecule has 1 heterocycles. The second-order valence-electron chi connectivity index (χ2n) is 10.6. The van der Waals surface area contributed by atoms with E-state index in [-0.39, 0.29) is 44.3 Å². The Balaban J connectivity index is 1.73. The maximum absolute atomic E-state index is 13.3. The molecule has 0 saturated carbocycles. The van der Waals surface area contributed by atoms with Gasteiger partial charge in [-0.05, 0) is 48.6 Å². The number of nitrogens with two attached hydrogens (primary N) is 3. The molecule has 45 heavy (non-hydrogen) atoms. The molecule has 0 fully saturated rings. The largest absolute Gasteiger partial charge is 0.508 e. The lowest BCUT2D eigenvalue weighted by atomic mass is 10.0. The second kappa shape index (κ2) is 15.9. The lowest BCUT2D eigenvalue weighted by Crippen LogP contribution is -2.57. The van der Waals surface area contributed by atoms with Gasteiger partial charge in [-0.3, -0.25) is 24.0 Å². The van der Waals surface area contributed by atoms with E-state index in [4.69, 9.17) is 17.2 Å². The van der Waals surface area contributed by atoms with E-state index < -0.39 is 59.7 Å². The van der Waals surface area contributed by atoms with Crippen LogP contribution in [0, 0.1) is 0 Å². The van der Waals surface area contributed by atoms with Crippen molar-refractivity contribution in [3.05, 3.63) is 65.9 Å². The van der Waals surface area contributed by atoms with E-state index in [0.717, 1.165) is 16.5 Å². The highest BCUT2D eigenvalue weighted by Gasteiger charge is 2.31. The molecule has 4 unspecified atom stereocenters. The molecule has 240 valence electrons. The van der Waals surface area contributed by atoms with Crippen molar-refractivity contribution in [1.29, 1.82) is 0 Å². The van der Waals surface area contributed by atoms with E-state index in [1.165, 1.54) is 24.3 Å². The first kappa shape index (κ1) is 34.1. The molecule has 15 heteroatoms. The van der Waals surface area contributed by atoms with Gasteiger partial charge < -0.3 is 48.3 Å². The average Bonchev–Trinajstić information content (AvgIpc) is 3.40. The molecule has 4 atom stereocenters. The van der Waals surface area contributed by atoms with Crippen molar-refractivity contribution in [2.45, 2.75) is 62.7 Å². The number of nitrogens with one attached hydrogen (secondary N) is 4. The SMILES string of the molecule is NC(=O)CCC(NC(=O)C(N)Cc1c[nH]c2ccccc12)C(=O)NC(CCC(N)=O)C(=O)NC(Cc1ccc(O)cc1)C(=O)O. The number of aromatic hydroxyl groups is 1. The van der Waals surface area contributed by atoms with Crippen LogP contribution < -0.4 is 33.2 Å². The van der Waals surface area contributed by atoms with E-state index in [9.17, 15) is 39.0 Å². The number of aromatic nitrogens is 1. The average molecular weight is 624 g/mol. The Morgan fingerprint density at radius 1 is 0.733 bits per heavy atom. The maximum atomic E-state index is 13.3. The summed E-state index contributed by atoms with van der Waals surface area (Å²) in [4.78, 5) is 77.6.